The molecular formula is C12H13BrN4. The Morgan fingerprint density at radius 3 is 2.71 bits per heavy atom. The van der Waals surface area contributed by atoms with Gasteiger partial charge in [0, 0.05) is 42.3 Å². The summed E-state index contributed by atoms with van der Waals surface area (Å²) in [6.07, 6.45) is 7.19. The van der Waals surface area contributed by atoms with Crippen LogP contribution in [0.4, 0.5) is 0 Å². The van der Waals surface area contributed by atoms with E-state index in [1.807, 2.05) is 19.2 Å². The average Bonchev–Trinajstić information content (AvgIpc) is 2.32. The SMILES string of the molecule is Cc1cnc(CNCc2cncc(Br)c2)cn1. The highest BCUT2D eigenvalue weighted by atomic mass is 79.9. The number of hydrogen-bond acceptors (Lipinski definition) is 4. The maximum atomic E-state index is 4.28. The number of hydrogen-bond donors (Lipinski definition) is 1. The van der Waals surface area contributed by atoms with Gasteiger partial charge in [0.15, 0.2) is 0 Å². The number of nitrogens with one attached hydrogen (secondary N) is 1. The third kappa shape index (κ3) is 3.87. The van der Waals surface area contributed by atoms with E-state index in [-0.39, 0.29) is 0 Å². The van der Waals surface area contributed by atoms with Crippen molar-refractivity contribution in [3.8, 4) is 0 Å². The van der Waals surface area contributed by atoms with Crippen molar-refractivity contribution in [2.24, 2.45) is 0 Å². The molecule has 0 radical (unpaired) electrons. The Balaban J connectivity index is 1.85. The van der Waals surface area contributed by atoms with Gasteiger partial charge < -0.3 is 5.32 Å². The van der Waals surface area contributed by atoms with Crippen molar-refractivity contribution < 1.29 is 0 Å². The molecule has 0 bridgehead atoms. The first-order valence-corrected chi connectivity index (χ1v) is 6.11. The molecule has 1 N–H and O–H groups in total. The largest absolute Gasteiger partial charge is 0.307 e. The van der Waals surface area contributed by atoms with Crippen LogP contribution in [0.1, 0.15) is 17.0 Å². The van der Waals surface area contributed by atoms with Gasteiger partial charge in [-0.3, -0.25) is 15.0 Å². The van der Waals surface area contributed by atoms with Crippen molar-refractivity contribution in [2.75, 3.05) is 0 Å². The van der Waals surface area contributed by atoms with E-state index in [0.29, 0.717) is 6.54 Å². The topological polar surface area (TPSA) is 50.7 Å². The Morgan fingerprint density at radius 2 is 2.00 bits per heavy atom. The summed E-state index contributed by atoms with van der Waals surface area (Å²) in [5.41, 5.74) is 3.02. The van der Waals surface area contributed by atoms with E-state index in [2.05, 4.69) is 36.2 Å². The minimum Gasteiger partial charge on any atom is -0.307 e. The minimum absolute atomic E-state index is 0.708. The second-order valence-electron chi connectivity index (χ2n) is 3.76. The van der Waals surface area contributed by atoms with Gasteiger partial charge in [0.1, 0.15) is 0 Å². The number of halogens is 1. The number of aryl methyl sites for hydroxylation is 1. The maximum absolute atomic E-state index is 4.28. The lowest BCUT2D eigenvalue weighted by molar-refractivity contribution is 0.674. The van der Waals surface area contributed by atoms with Crippen LogP contribution in [0.2, 0.25) is 0 Å². The molecule has 2 heterocycles. The van der Waals surface area contributed by atoms with Gasteiger partial charge in [-0.2, -0.15) is 0 Å². The molecule has 4 nitrogen and oxygen atoms in total. The fourth-order valence-corrected chi connectivity index (χ4v) is 1.81. The van der Waals surface area contributed by atoms with Crippen molar-refractivity contribution in [3.63, 3.8) is 0 Å². The first-order valence-electron chi connectivity index (χ1n) is 5.32. The van der Waals surface area contributed by atoms with Crippen molar-refractivity contribution in [1.29, 1.82) is 0 Å². The zero-order chi connectivity index (χ0) is 12.1. The van der Waals surface area contributed by atoms with Crippen LogP contribution < -0.4 is 5.32 Å². The molecule has 0 atom stereocenters. The number of pyridine rings is 1. The molecule has 17 heavy (non-hydrogen) atoms. The van der Waals surface area contributed by atoms with Crippen LogP contribution in [0.15, 0.2) is 35.3 Å². The summed E-state index contributed by atoms with van der Waals surface area (Å²) < 4.78 is 0.993. The lowest BCUT2D eigenvalue weighted by atomic mass is 10.3. The lowest BCUT2D eigenvalue weighted by Crippen LogP contribution is -2.14. The molecular weight excluding hydrogens is 280 g/mol. The quantitative estimate of drug-likeness (QED) is 0.939. The van der Waals surface area contributed by atoms with E-state index in [4.69, 9.17) is 0 Å². The van der Waals surface area contributed by atoms with Gasteiger partial charge in [0.2, 0.25) is 0 Å². The predicted octanol–water partition coefficient (Wildman–Crippen LogP) is 2.23. The molecule has 5 heteroatoms. The molecule has 0 spiro atoms. The van der Waals surface area contributed by atoms with E-state index in [9.17, 15) is 0 Å². The second kappa shape index (κ2) is 5.84. The molecule has 0 aromatic carbocycles. The van der Waals surface area contributed by atoms with Gasteiger partial charge in [0.25, 0.3) is 0 Å². The Morgan fingerprint density at radius 1 is 1.12 bits per heavy atom. The smallest absolute Gasteiger partial charge is 0.0724 e. The third-order valence-electron chi connectivity index (χ3n) is 2.23. The van der Waals surface area contributed by atoms with Crippen molar-refractivity contribution in [1.82, 2.24) is 20.3 Å². The van der Waals surface area contributed by atoms with Crippen LogP contribution >= 0.6 is 15.9 Å². The highest BCUT2D eigenvalue weighted by Gasteiger charge is 1.97. The van der Waals surface area contributed by atoms with Crippen molar-refractivity contribution >= 4 is 15.9 Å². The van der Waals surface area contributed by atoms with E-state index < -0.39 is 0 Å². The zero-order valence-electron chi connectivity index (χ0n) is 9.52. The summed E-state index contributed by atoms with van der Waals surface area (Å²) >= 11 is 3.39. The molecule has 0 aliphatic carbocycles. The molecule has 88 valence electrons. The number of aromatic nitrogens is 3. The normalized spacial score (nSPS) is 10.5. The van der Waals surface area contributed by atoms with Gasteiger partial charge in [-0.05, 0) is 34.5 Å². The maximum Gasteiger partial charge on any atom is 0.0724 e. The van der Waals surface area contributed by atoms with E-state index >= 15 is 0 Å². The van der Waals surface area contributed by atoms with E-state index in [1.54, 1.807) is 18.6 Å². The predicted molar refractivity (Wildman–Crippen MR) is 69.2 cm³/mol. The fourth-order valence-electron chi connectivity index (χ4n) is 1.40. The minimum atomic E-state index is 0.708. The first-order chi connectivity index (χ1) is 8.24. The molecule has 0 unspecified atom stereocenters. The molecule has 0 fully saturated rings. The standard InChI is InChI=1S/C12H13BrN4/c1-9-3-17-12(8-16-9)7-15-5-10-2-11(13)6-14-4-10/h2-4,6,8,15H,5,7H2,1H3. The highest BCUT2D eigenvalue weighted by Crippen LogP contribution is 2.09. The Labute approximate surface area is 109 Å². The molecule has 0 amide bonds. The number of rotatable bonds is 4. The molecule has 2 aromatic heterocycles. The van der Waals surface area contributed by atoms with Gasteiger partial charge in [0.05, 0.1) is 11.4 Å². The van der Waals surface area contributed by atoms with Gasteiger partial charge >= 0.3 is 0 Å². The van der Waals surface area contributed by atoms with Crippen LogP contribution in [0.5, 0.6) is 0 Å². The lowest BCUT2D eigenvalue weighted by Gasteiger charge is -2.04. The summed E-state index contributed by atoms with van der Waals surface area (Å²) in [7, 11) is 0. The summed E-state index contributed by atoms with van der Waals surface area (Å²) in [5.74, 6) is 0. The van der Waals surface area contributed by atoms with Crippen LogP contribution in [0.25, 0.3) is 0 Å². The molecule has 2 rings (SSSR count). The molecule has 0 saturated heterocycles. The second-order valence-corrected chi connectivity index (χ2v) is 4.68. The number of nitrogens with zero attached hydrogens (tertiary/aromatic N) is 3. The van der Waals surface area contributed by atoms with Gasteiger partial charge in [-0.15, -0.1) is 0 Å². The van der Waals surface area contributed by atoms with Gasteiger partial charge in [-0.1, -0.05) is 0 Å². The van der Waals surface area contributed by atoms with Crippen molar-refractivity contribution in [2.45, 2.75) is 20.0 Å². The molecule has 2 aromatic rings. The van der Waals surface area contributed by atoms with Gasteiger partial charge in [-0.25, -0.2) is 0 Å². The Hall–Kier alpha value is -1.33. The third-order valence-corrected chi connectivity index (χ3v) is 2.66. The fraction of sp³-hybridized carbons (Fsp3) is 0.250. The zero-order valence-corrected chi connectivity index (χ0v) is 11.1. The van der Waals surface area contributed by atoms with Crippen molar-refractivity contribution in [3.05, 3.63) is 52.3 Å². The summed E-state index contributed by atoms with van der Waals surface area (Å²) in [6.45, 7) is 3.40. The van der Waals surface area contributed by atoms with Crippen LogP contribution in [-0.2, 0) is 13.1 Å². The van der Waals surface area contributed by atoms with E-state index in [1.165, 1.54) is 0 Å². The summed E-state index contributed by atoms with van der Waals surface area (Å²) in [5, 5.41) is 3.30. The monoisotopic (exact) mass is 292 g/mol. The summed E-state index contributed by atoms with van der Waals surface area (Å²) in [4.78, 5) is 12.6. The average molecular weight is 293 g/mol. The Kier molecular flexibility index (Phi) is 4.17. The highest BCUT2D eigenvalue weighted by molar-refractivity contribution is 9.10. The Bertz CT molecular complexity index is 484. The van der Waals surface area contributed by atoms with Crippen LogP contribution in [0, 0.1) is 6.92 Å². The molecule has 0 aliphatic heterocycles. The first kappa shape index (κ1) is 12.1. The van der Waals surface area contributed by atoms with E-state index in [0.717, 1.165) is 28.0 Å². The molecule has 0 aliphatic rings. The van der Waals surface area contributed by atoms with Crippen LogP contribution in [0.3, 0.4) is 0 Å². The summed E-state index contributed by atoms with van der Waals surface area (Å²) in [6, 6.07) is 2.04. The molecule has 0 saturated carbocycles. The van der Waals surface area contributed by atoms with Crippen LogP contribution in [-0.4, -0.2) is 15.0 Å².